The number of rotatable bonds is 4. The number of hydrogen-bond donors (Lipinski definition) is 1. The minimum atomic E-state index is 0.0644. The van der Waals surface area contributed by atoms with Crippen molar-refractivity contribution in [1.82, 2.24) is 14.9 Å². The number of aryl methyl sites for hydroxylation is 1. The van der Waals surface area contributed by atoms with Gasteiger partial charge in [0.05, 0.1) is 18.1 Å². The van der Waals surface area contributed by atoms with Crippen LogP contribution in [-0.4, -0.2) is 41.0 Å². The first kappa shape index (κ1) is 18.3. The maximum absolute atomic E-state index is 12.5. The summed E-state index contributed by atoms with van der Waals surface area (Å²) in [5.74, 6) is 2.30. The molecule has 1 saturated heterocycles. The molecule has 1 fully saturated rings. The molecule has 0 saturated carbocycles. The van der Waals surface area contributed by atoms with Gasteiger partial charge in [0.15, 0.2) is 0 Å². The Hall–Kier alpha value is -3.08. The zero-order valence-corrected chi connectivity index (χ0v) is 16.3. The second-order valence-corrected chi connectivity index (χ2v) is 7.35. The Labute approximate surface area is 165 Å². The number of benzene rings is 2. The molecule has 1 N–H and O–H groups in total. The van der Waals surface area contributed by atoms with E-state index >= 15 is 0 Å². The van der Waals surface area contributed by atoms with E-state index in [9.17, 15) is 4.79 Å². The van der Waals surface area contributed by atoms with Crippen molar-refractivity contribution in [3.05, 3.63) is 65.5 Å². The minimum absolute atomic E-state index is 0.0644. The Balaban J connectivity index is 1.36. The summed E-state index contributed by atoms with van der Waals surface area (Å²) in [5, 5.41) is 0. The highest BCUT2D eigenvalue weighted by molar-refractivity contribution is 5.91. The van der Waals surface area contributed by atoms with Crippen LogP contribution in [0.4, 0.5) is 0 Å². The maximum atomic E-state index is 12.5. The monoisotopic (exact) mass is 375 g/mol. The highest BCUT2D eigenvalue weighted by Gasteiger charge is 2.24. The highest BCUT2D eigenvalue weighted by atomic mass is 16.5. The molecule has 0 bridgehead atoms. The number of amides is 1. The average Bonchev–Trinajstić information content (AvgIpc) is 3.15. The summed E-state index contributed by atoms with van der Waals surface area (Å²) in [5.41, 5.74) is 4.32. The number of nitrogens with one attached hydrogen (secondary N) is 1. The molecule has 1 aliphatic heterocycles. The van der Waals surface area contributed by atoms with Gasteiger partial charge in [0.1, 0.15) is 11.6 Å². The van der Waals surface area contributed by atoms with Crippen molar-refractivity contribution in [2.24, 2.45) is 0 Å². The number of imidazole rings is 1. The number of H-pyrrole nitrogens is 1. The van der Waals surface area contributed by atoms with E-state index in [0.717, 1.165) is 54.1 Å². The van der Waals surface area contributed by atoms with E-state index in [1.165, 1.54) is 5.56 Å². The average molecular weight is 375 g/mol. The second-order valence-electron chi connectivity index (χ2n) is 7.35. The van der Waals surface area contributed by atoms with Crippen LogP contribution in [0.3, 0.4) is 0 Å². The summed E-state index contributed by atoms with van der Waals surface area (Å²) in [7, 11) is 1.64. The molecule has 1 amide bonds. The number of hydrogen-bond acceptors (Lipinski definition) is 3. The number of carbonyl (C=O) groups excluding carboxylic acids is 1. The number of aromatic amines is 1. The molecule has 0 radical (unpaired) electrons. The van der Waals surface area contributed by atoms with Gasteiger partial charge in [-0.15, -0.1) is 0 Å². The fourth-order valence-corrected chi connectivity index (χ4v) is 3.70. The molecule has 2 aromatic carbocycles. The molecule has 0 unspecified atom stereocenters. The summed E-state index contributed by atoms with van der Waals surface area (Å²) >= 11 is 0. The van der Waals surface area contributed by atoms with Crippen molar-refractivity contribution in [2.75, 3.05) is 20.2 Å². The molecule has 4 rings (SSSR count). The smallest absolute Gasteiger partial charge is 0.246 e. The third kappa shape index (κ3) is 3.93. The van der Waals surface area contributed by atoms with E-state index < -0.39 is 0 Å². The number of piperidine rings is 1. The van der Waals surface area contributed by atoms with Gasteiger partial charge in [0.25, 0.3) is 0 Å². The first-order chi connectivity index (χ1) is 13.6. The summed E-state index contributed by atoms with van der Waals surface area (Å²) < 4.78 is 5.15. The first-order valence-corrected chi connectivity index (χ1v) is 9.70. The Morgan fingerprint density at radius 1 is 1.18 bits per heavy atom. The van der Waals surface area contributed by atoms with Crippen molar-refractivity contribution >= 4 is 23.0 Å². The minimum Gasteiger partial charge on any atom is -0.497 e. The van der Waals surface area contributed by atoms with Gasteiger partial charge in [0, 0.05) is 25.1 Å². The SMILES string of the molecule is COc1ccc(/C=C/C(=O)N2CCC(c3nc4ccc(C)cc4[nH]3)CC2)cc1. The fraction of sp³-hybridized carbons (Fsp3) is 0.304. The van der Waals surface area contributed by atoms with Crippen molar-refractivity contribution in [3.8, 4) is 5.75 Å². The molecule has 5 heteroatoms. The largest absolute Gasteiger partial charge is 0.497 e. The molecule has 28 heavy (non-hydrogen) atoms. The molecule has 0 spiro atoms. The van der Waals surface area contributed by atoms with Crippen LogP contribution < -0.4 is 4.74 Å². The molecular formula is C23H25N3O2. The summed E-state index contributed by atoms with van der Waals surface area (Å²) in [6, 6.07) is 14.0. The van der Waals surface area contributed by atoms with E-state index in [0.29, 0.717) is 5.92 Å². The van der Waals surface area contributed by atoms with Crippen LogP contribution >= 0.6 is 0 Å². The molecule has 3 aromatic rings. The Morgan fingerprint density at radius 2 is 1.93 bits per heavy atom. The van der Waals surface area contributed by atoms with E-state index in [1.54, 1.807) is 13.2 Å². The van der Waals surface area contributed by atoms with Gasteiger partial charge in [0.2, 0.25) is 5.91 Å². The summed E-state index contributed by atoms with van der Waals surface area (Å²) in [4.78, 5) is 22.6. The van der Waals surface area contributed by atoms with Crippen molar-refractivity contribution in [2.45, 2.75) is 25.7 Å². The van der Waals surface area contributed by atoms with E-state index in [-0.39, 0.29) is 5.91 Å². The predicted molar refractivity (Wildman–Crippen MR) is 111 cm³/mol. The molecule has 2 heterocycles. The number of aromatic nitrogens is 2. The predicted octanol–water partition coefficient (Wildman–Crippen LogP) is 4.30. The fourth-order valence-electron chi connectivity index (χ4n) is 3.70. The molecule has 0 atom stereocenters. The Kier molecular flexibility index (Phi) is 5.15. The third-order valence-corrected chi connectivity index (χ3v) is 5.38. The maximum Gasteiger partial charge on any atom is 0.246 e. The van der Waals surface area contributed by atoms with Crippen molar-refractivity contribution in [3.63, 3.8) is 0 Å². The lowest BCUT2D eigenvalue weighted by Gasteiger charge is -2.30. The Morgan fingerprint density at radius 3 is 2.64 bits per heavy atom. The van der Waals surface area contributed by atoms with Crippen LogP contribution in [0, 0.1) is 6.92 Å². The highest BCUT2D eigenvalue weighted by Crippen LogP contribution is 2.28. The van der Waals surface area contributed by atoms with Crippen molar-refractivity contribution < 1.29 is 9.53 Å². The normalized spacial score (nSPS) is 15.4. The third-order valence-electron chi connectivity index (χ3n) is 5.38. The van der Waals surface area contributed by atoms with E-state index in [4.69, 9.17) is 9.72 Å². The van der Waals surface area contributed by atoms with Crippen LogP contribution in [0.5, 0.6) is 5.75 Å². The van der Waals surface area contributed by atoms with Crippen LogP contribution in [0.1, 0.15) is 35.7 Å². The van der Waals surface area contributed by atoms with Gasteiger partial charge >= 0.3 is 0 Å². The molecule has 1 aromatic heterocycles. The van der Waals surface area contributed by atoms with E-state index in [1.807, 2.05) is 35.2 Å². The number of fused-ring (bicyclic) bond motifs is 1. The second kappa shape index (κ2) is 7.89. The van der Waals surface area contributed by atoms with Gasteiger partial charge in [-0.1, -0.05) is 18.2 Å². The van der Waals surface area contributed by atoms with Crippen LogP contribution in [0.25, 0.3) is 17.1 Å². The molecule has 5 nitrogen and oxygen atoms in total. The van der Waals surface area contributed by atoms with Gasteiger partial charge in [-0.2, -0.15) is 0 Å². The topological polar surface area (TPSA) is 58.2 Å². The quantitative estimate of drug-likeness (QED) is 0.692. The lowest BCUT2D eigenvalue weighted by atomic mass is 9.96. The standard InChI is InChI=1S/C23H25N3O2/c1-16-3-9-20-21(15-16)25-23(24-20)18-11-13-26(14-12-18)22(27)10-6-17-4-7-19(28-2)8-5-17/h3-10,15,18H,11-14H2,1-2H3,(H,24,25)/b10-6+. The molecule has 0 aliphatic carbocycles. The number of nitrogens with zero attached hydrogens (tertiary/aromatic N) is 2. The molecular weight excluding hydrogens is 350 g/mol. The molecule has 1 aliphatic rings. The first-order valence-electron chi connectivity index (χ1n) is 9.70. The summed E-state index contributed by atoms with van der Waals surface area (Å²) in [6.07, 6.45) is 5.38. The van der Waals surface area contributed by atoms with Crippen molar-refractivity contribution in [1.29, 1.82) is 0 Å². The lowest BCUT2D eigenvalue weighted by molar-refractivity contribution is -0.127. The van der Waals surface area contributed by atoms with Gasteiger partial charge in [-0.25, -0.2) is 4.98 Å². The number of methoxy groups -OCH3 is 1. The zero-order valence-electron chi connectivity index (χ0n) is 16.3. The van der Waals surface area contributed by atoms with E-state index in [2.05, 4.69) is 30.1 Å². The Bertz CT molecular complexity index is 996. The van der Waals surface area contributed by atoms with Gasteiger partial charge in [-0.05, 0) is 61.2 Å². The zero-order chi connectivity index (χ0) is 19.5. The van der Waals surface area contributed by atoms with Gasteiger partial charge < -0.3 is 14.6 Å². The van der Waals surface area contributed by atoms with Crippen LogP contribution in [0.2, 0.25) is 0 Å². The van der Waals surface area contributed by atoms with Gasteiger partial charge in [-0.3, -0.25) is 4.79 Å². The van der Waals surface area contributed by atoms with Crippen LogP contribution in [-0.2, 0) is 4.79 Å². The summed E-state index contributed by atoms with van der Waals surface area (Å²) in [6.45, 7) is 3.60. The number of ether oxygens (including phenoxy) is 1. The number of likely N-dealkylation sites (tertiary alicyclic amines) is 1. The molecule has 144 valence electrons. The lowest BCUT2D eigenvalue weighted by Crippen LogP contribution is -2.37. The number of carbonyl (C=O) groups is 1. The van der Waals surface area contributed by atoms with Crippen LogP contribution in [0.15, 0.2) is 48.5 Å².